The number of aromatic nitrogens is 6. The summed E-state index contributed by atoms with van der Waals surface area (Å²) < 4.78 is 317. The SMILES string of the molecule is Cc1nn(C2CCNCC2(F)F)c(C)c1-c1cc(N2CCOC[C@H]2C)nc(-c2ccnc3[nH]ccc23)n1.[2HH].[2H][2H].[2H][2H].[2H][2H].[2H][2H].[2H][2H].[2H][2H].[2H][2H].[2H][2H].[2H][2H].[2H][2H].[2H][2H].[2H][2H].[2H][2H].[2H][2H].[2H][2H].[2H][2H].[2H][2H].[2H][2H].[2H][2H].[2H][2H].[2H][2H].[2H][2H].[2H][2H].[2H][2H].[2H][2H].[2H][2H].[2H][2H].[2H][2H]. The topological polar surface area (TPSA) is 96.8 Å². The highest BCUT2D eigenvalue weighted by Gasteiger charge is 2.44. The highest BCUT2D eigenvalue weighted by molar-refractivity contribution is 5.91. The number of hydrogen-bond acceptors (Lipinski definition) is 7. The summed E-state index contributed by atoms with van der Waals surface area (Å²) >= 11 is 0. The summed E-state index contributed by atoms with van der Waals surface area (Å²) in [7, 11) is 0. The fourth-order valence-corrected chi connectivity index (χ4v) is 5.51. The van der Waals surface area contributed by atoms with Gasteiger partial charge in [0.1, 0.15) is 17.5 Å². The van der Waals surface area contributed by atoms with Gasteiger partial charge >= 0.3 is 0 Å². The van der Waals surface area contributed by atoms with Crippen LogP contribution in [0.3, 0.4) is 0 Å². The van der Waals surface area contributed by atoms with E-state index >= 15 is 0 Å². The first-order valence-corrected chi connectivity index (χ1v) is 12.6. The molecule has 2 aliphatic rings. The van der Waals surface area contributed by atoms with Crippen LogP contribution in [0.5, 0.6) is 0 Å². The van der Waals surface area contributed by atoms with Crippen LogP contribution in [0.4, 0.5) is 14.6 Å². The predicted octanol–water partition coefficient (Wildman–Crippen LogP) is 11.0. The van der Waals surface area contributed by atoms with Crippen molar-refractivity contribution in [1.29, 1.82) is 0 Å². The Morgan fingerprint density at radius 1 is 1.24 bits per heavy atom. The first-order chi connectivity index (χ1) is 45.8. The first-order valence-electron chi connectivity index (χ1n) is 40.6. The highest BCUT2D eigenvalue weighted by Crippen LogP contribution is 2.38. The number of aromatic amines is 1. The molecule has 0 radical (unpaired) electrons. The van der Waals surface area contributed by atoms with Crippen LogP contribution in [-0.2, 0) is 4.74 Å². The molecule has 252 valence electrons. The summed E-state index contributed by atoms with van der Waals surface area (Å²) in [4.78, 5) is 19.7. The molecule has 2 N–H and O–H groups in total. The number of nitrogens with one attached hydrogen (secondary N) is 2. The van der Waals surface area contributed by atoms with E-state index in [0.717, 1.165) is 28.0 Å². The quantitative estimate of drug-likeness (QED) is 0.233. The van der Waals surface area contributed by atoms with Gasteiger partial charge < -0.3 is 19.9 Å². The number of anilines is 1. The Morgan fingerprint density at radius 2 is 2.11 bits per heavy atom. The van der Waals surface area contributed by atoms with E-state index in [0.29, 0.717) is 55.6 Å². The van der Waals surface area contributed by atoms with Crippen molar-refractivity contribution in [2.45, 2.75) is 45.2 Å². The minimum absolute atomic E-state index is 0. The molecule has 0 amide bonds. The maximum absolute atomic E-state index is 14.9. The summed E-state index contributed by atoms with van der Waals surface area (Å²) in [5, 5.41) is 8.32. The largest absolute Gasteiger partial charge is 0.377 e. The first kappa shape index (κ1) is 8.03. The highest BCUT2D eigenvalue weighted by atomic mass is 19.3. The van der Waals surface area contributed by atoms with Gasteiger partial charge in [-0.25, -0.2) is 23.7 Å². The molecule has 6 rings (SSSR count). The Morgan fingerprint density at radius 3 is 2.92 bits per heavy atom. The Labute approximate surface area is 301 Å². The molecule has 2 atom stereocenters. The third-order valence-electron chi connectivity index (χ3n) is 7.39. The molecule has 4 aromatic rings. The van der Waals surface area contributed by atoms with Crippen LogP contribution in [0.15, 0.2) is 30.6 Å². The summed E-state index contributed by atoms with van der Waals surface area (Å²) in [6.45, 7) is 7.90. The number of H-pyrrole nitrogens is 1. The van der Waals surface area contributed by atoms with Gasteiger partial charge in [0.15, 0.2) is 5.82 Å². The lowest BCUT2D eigenvalue weighted by Gasteiger charge is -2.34. The maximum atomic E-state index is 14.9. The van der Waals surface area contributed by atoms with Crippen molar-refractivity contribution in [1.82, 2.24) is 35.0 Å². The van der Waals surface area contributed by atoms with Crippen LogP contribution in [0, 0.1) is 13.8 Å². The van der Waals surface area contributed by atoms with Crippen LogP contribution in [-0.4, -0.2) is 74.5 Å². The molecule has 2 aliphatic heterocycles. The van der Waals surface area contributed by atoms with Crippen molar-refractivity contribution in [3.8, 4) is 22.6 Å². The van der Waals surface area contributed by atoms with Crippen molar-refractivity contribution in [2.75, 3.05) is 37.7 Å². The zero-order valence-electron chi connectivity index (χ0n) is 77.1. The van der Waals surface area contributed by atoms with Gasteiger partial charge in [-0.15, -0.1) is 0 Å². The Bertz CT molecular complexity index is 1540. The molecule has 0 aromatic carbocycles. The van der Waals surface area contributed by atoms with E-state index in [-0.39, 0.29) is 14.0 Å². The molecule has 2 saturated heterocycles. The van der Waals surface area contributed by atoms with Crippen molar-refractivity contribution in [3.05, 3.63) is 42.0 Å². The Kier molecular flexibility index (Phi) is 1.98. The summed E-state index contributed by atoms with van der Waals surface area (Å²) in [6, 6.07) is 4.94. The number of alkyl halides is 2. The molecule has 4 aromatic heterocycles. The maximum Gasteiger partial charge on any atom is 0.282 e. The molecular formula is C26H88F2N8O. The second-order valence-electron chi connectivity index (χ2n) is 9.88. The number of rotatable bonds is 4. The van der Waals surface area contributed by atoms with Gasteiger partial charge in [-0.3, -0.25) is 4.68 Å². The molecule has 37 heavy (non-hydrogen) atoms. The number of ether oxygens (including phenoxy) is 1. The third-order valence-corrected chi connectivity index (χ3v) is 7.39. The minimum atomic E-state index is -2.89. The smallest absolute Gasteiger partial charge is 0.282 e. The number of halogens is 2. The molecule has 0 bridgehead atoms. The van der Waals surface area contributed by atoms with Gasteiger partial charge in [-0.1, -0.05) is 0 Å². The molecule has 0 spiro atoms. The molecule has 6 heterocycles. The lowest BCUT2D eigenvalue weighted by molar-refractivity contribution is -0.0704. The van der Waals surface area contributed by atoms with Crippen molar-refractivity contribution in [2.24, 2.45) is 0 Å². The molecule has 9 nitrogen and oxygen atoms in total. The van der Waals surface area contributed by atoms with Crippen molar-refractivity contribution >= 4 is 16.9 Å². The van der Waals surface area contributed by atoms with Gasteiger partial charge in [0.05, 0.1) is 37.2 Å². The number of piperidine rings is 1. The summed E-state index contributed by atoms with van der Waals surface area (Å²) in [6.07, 6.45) is 3.88. The van der Waals surface area contributed by atoms with E-state index in [4.69, 9.17) is 97.9 Å². The Hall–Kier alpha value is -3.44. The fraction of sp³-hybridized carbons (Fsp3) is 0.462. The number of hydrogen-bond donors (Lipinski definition) is 2. The molecule has 0 aliphatic carbocycles. The predicted molar refractivity (Wildman–Crippen MR) is 198 cm³/mol. The molecule has 2 fully saturated rings. The second kappa shape index (κ2) is 9.14. The van der Waals surface area contributed by atoms with Crippen LogP contribution in [0.1, 0.15) is 115 Å². The van der Waals surface area contributed by atoms with Gasteiger partial charge in [-0.05, 0) is 45.9 Å². The normalized spacial score (nSPS) is 28.1. The summed E-state index contributed by atoms with van der Waals surface area (Å²) in [5.41, 5.74) is 4.37. The van der Waals surface area contributed by atoms with Gasteiger partial charge in [0.25, 0.3) is 5.92 Å². The van der Waals surface area contributed by atoms with Crippen molar-refractivity contribution < 1.29 is 98.1 Å². The van der Waals surface area contributed by atoms with E-state index in [1.165, 1.54) is 4.68 Å². The fourth-order valence-electron chi connectivity index (χ4n) is 5.51. The molecule has 1 unspecified atom stereocenters. The van der Waals surface area contributed by atoms with E-state index in [9.17, 15) is 8.78 Å². The van der Waals surface area contributed by atoms with Crippen molar-refractivity contribution in [3.63, 3.8) is 0 Å². The zero-order chi connectivity index (χ0) is 81.7. The van der Waals surface area contributed by atoms with Crippen LogP contribution in [0.25, 0.3) is 33.7 Å². The monoisotopic (exact) mass is 624 g/mol. The van der Waals surface area contributed by atoms with E-state index < -0.39 is 12.0 Å². The molecular weight excluding hydrogens is 478 g/mol. The standard InChI is InChI=1S/C26H30F2N8O.29H2/c1-15-13-37-11-10-35(15)22-12-20(32-25(33-22)19-5-9-31-24-18(19)4-8-30-24)23-16(2)34-36(17(23)3)21-6-7-29-14-26(21,27)28;;;;;;;;;;;;;;;;;;;;;;;;;;;;;/h4-5,8-9,12,15,21,29H,6-7,10-11,13-14H2,1-3H3,(H,30,31);29*1H/t15-,21?;;;;;;;;;;;;;;;;;;;;;;;;;;;;;/m1............................./s1/i;28*1+1D;1+1. The van der Waals surface area contributed by atoms with Gasteiger partial charge in [-0.2, -0.15) is 5.10 Å². The lowest BCUT2D eigenvalue weighted by Crippen LogP contribution is -2.47. The molecule has 0 saturated carbocycles. The number of nitrogens with zero attached hydrogens (tertiary/aromatic N) is 6. The lowest BCUT2D eigenvalue weighted by atomic mass is 10.0. The number of fused-ring (bicyclic) bond motifs is 1. The second-order valence-corrected chi connectivity index (χ2v) is 9.88. The van der Waals surface area contributed by atoms with Crippen LogP contribution >= 0.6 is 0 Å². The third kappa shape index (κ3) is 4.15. The van der Waals surface area contributed by atoms with E-state index in [2.05, 4.69) is 32.2 Å². The van der Waals surface area contributed by atoms with Gasteiger partial charge in [0, 0.05) is 132 Å². The number of aryl methyl sites for hydroxylation is 1. The number of pyridine rings is 1. The summed E-state index contributed by atoms with van der Waals surface area (Å²) in [5.74, 6) is -1.56. The molecule has 11 heteroatoms. The van der Waals surface area contributed by atoms with Gasteiger partial charge in [0.2, 0.25) is 0 Å². The minimum Gasteiger partial charge on any atom is -0.377 e. The van der Waals surface area contributed by atoms with E-state index in [1.807, 2.05) is 38.2 Å². The van der Waals surface area contributed by atoms with Crippen LogP contribution in [0.2, 0.25) is 0 Å². The average Bonchev–Trinajstić information content (AvgIpc) is 1.53. The average molecular weight is 624 g/mol. The Balaban J connectivity index is -0.0000000331. The van der Waals surface area contributed by atoms with Crippen LogP contribution < -0.4 is 10.2 Å². The zero-order valence-corrected chi connectivity index (χ0v) is 21.1. The number of morpholine rings is 1. The van der Waals surface area contributed by atoms with E-state index in [1.54, 1.807) is 6.20 Å².